The van der Waals surface area contributed by atoms with Gasteiger partial charge in [-0.15, -0.1) is 0 Å². The van der Waals surface area contributed by atoms with E-state index >= 15 is 0 Å². The Balaban J connectivity index is 2.07. The molecule has 4 heteroatoms. The van der Waals surface area contributed by atoms with Gasteiger partial charge in [0.05, 0.1) is 19.8 Å². The Morgan fingerprint density at radius 3 is 2.94 bits per heavy atom. The van der Waals surface area contributed by atoms with Crippen molar-refractivity contribution < 1.29 is 9.47 Å². The molecule has 1 aromatic carbocycles. The van der Waals surface area contributed by atoms with Gasteiger partial charge in [-0.05, 0) is 13.0 Å². The van der Waals surface area contributed by atoms with Crippen molar-refractivity contribution >= 4 is 0 Å². The molecular weight excluding hydrogens is 228 g/mol. The van der Waals surface area contributed by atoms with Crippen molar-refractivity contribution in [2.24, 2.45) is 5.73 Å². The summed E-state index contributed by atoms with van der Waals surface area (Å²) in [6, 6.07) is 8.56. The van der Waals surface area contributed by atoms with Crippen LogP contribution in [-0.2, 0) is 11.3 Å². The lowest BCUT2D eigenvalue weighted by molar-refractivity contribution is -0.0569. The number of para-hydroxylation sites is 1. The first-order chi connectivity index (χ1) is 8.74. The molecule has 1 aromatic rings. The van der Waals surface area contributed by atoms with E-state index in [2.05, 4.69) is 17.9 Å². The van der Waals surface area contributed by atoms with Crippen molar-refractivity contribution in [3.05, 3.63) is 29.8 Å². The van der Waals surface area contributed by atoms with Crippen molar-refractivity contribution in [1.29, 1.82) is 0 Å². The lowest BCUT2D eigenvalue weighted by atomic mass is 10.1. The third-order valence-electron chi connectivity index (χ3n) is 3.46. The third-order valence-corrected chi connectivity index (χ3v) is 3.46. The van der Waals surface area contributed by atoms with Crippen LogP contribution in [0.4, 0.5) is 0 Å². The molecule has 1 aliphatic rings. The quantitative estimate of drug-likeness (QED) is 0.873. The second-order valence-electron chi connectivity index (χ2n) is 4.78. The summed E-state index contributed by atoms with van der Waals surface area (Å²) >= 11 is 0. The molecule has 2 rings (SSSR count). The SMILES string of the molecule is COc1ccccc1CN1CC(CN)OCC1C. The monoisotopic (exact) mass is 250 g/mol. The number of morpholine rings is 1. The first-order valence-electron chi connectivity index (χ1n) is 6.42. The van der Waals surface area contributed by atoms with Gasteiger partial charge in [-0.1, -0.05) is 18.2 Å². The van der Waals surface area contributed by atoms with Crippen molar-refractivity contribution in [2.75, 3.05) is 26.8 Å². The number of hydrogen-bond acceptors (Lipinski definition) is 4. The zero-order valence-electron chi connectivity index (χ0n) is 11.1. The maximum absolute atomic E-state index is 5.68. The van der Waals surface area contributed by atoms with Gasteiger partial charge in [0.25, 0.3) is 0 Å². The summed E-state index contributed by atoms with van der Waals surface area (Å²) in [6.45, 7) is 5.27. The van der Waals surface area contributed by atoms with Gasteiger partial charge in [0, 0.05) is 31.2 Å². The Labute approximate surface area is 109 Å². The van der Waals surface area contributed by atoms with E-state index in [1.165, 1.54) is 5.56 Å². The van der Waals surface area contributed by atoms with Crippen molar-refractivity contribution in [2.45, 2.75) is 25.6 Å². The third kappa shape index (κ3) is 3.02. The average Bonchev–Trinajstić information content (AvgIpc) is 2.42. The van der Waals surface area contributed by atoms with E-state index in [0.29, 0.717) is 12.6 Å². The molecule has 0 aliphatic carbocycles. The van der Waals surface area contributed by atoms with E-state index < -0.39 is 0 Å². The molecule has 0 amide bonds. The molecule has 4 nitrogen and oxygen atoms in total. The Morgan fingerprint density at radius 1 is 1.44 bits per heavy atom. The summed E-state index contributed by atoms with van der Waals surface area (Å²) in [7, 11) is 1.71. The summed E-state index contributed by atoms with van der Waals surface area (Å²) in [5.41, 5.74) is 6.90. The highest BCUT2D eigenvalue weighted by molar-refractivity contribution is 5.33. The predicted octanol–water partition coefficient (Wildman–Crippen LogP) is 1.24. The van der Waals surface area contributed by atoms with Crippen molar-refractivity contribution in [3.8, 4) is 5.75 Å². The largest absolute Gasteiger partial charge is 0.496 e. The summed E-state index contributed by atoms with van der Waals surface area (Å²) in [6.07, 6.45) is 0.149. The molecule has 0 aromatic heterocycles. The van der Waals surface area contributed by atoms with Crippen LogP contribution in [0.1, 0.15) is 12.5 Å². The minimum Gasteiger partial charge on any atom is -0.496 e. The lowest BCUT2D eigenvalue weighted by Gasteiger charge is -2.37. The molecule has 100 valence electrons. The first kappa shape index (κ1) is 13.3. The van der Waals surface area contributed by atoms with E-state index in [-0.39, 0.29) is 6.10 Å². The summed E-state index contributed by atoms with van der Waals surface area (Å²) < 4.78 is 11.1. The number of hydrogen-bond donors (Lipinski definition) is 1. The Morgan fingerprint density at radius 2 is 2.22 bits per heavy atom. The van der Waals surface area contributed by atoms with Crippen LogP contribution in [-0.4, -0.2) is 43.9 Å². The molecule has 0 radical (unpaired) electrons. The highest BCUT2D eigenvalue weighted by Crippen LogP contribution is 2.22. The van der Waals surface area contributed by atoms with Crippen LogP contribution in [0.25, 0.3) is 0 Å². The number of ether oxygens (including phenoxy) is 2. The fraction of sp³-hybridized carbons (Fsp3) is 0.571. The maximum Gasteiger partial charge on any atom is 0.123 e. The van der Waals surface area contributed by atoms with Gasteiger partial charge in [-0.2, -0.15) is 0 Å². The molecule has 0 bridgehead atoms. The number of nitrogens with two attached hydrogens (primary N) is 1. The minimum absolute atomic E-state index is 0.149. The Hall–Kier alpha value is -1.10. The van der Waals surface area contributed by atoms with Gasteiger partial charge in [0.1, 0.15) is 5.75 Å². The van der Waals surface area contributed by atoms with Crippen LogP contribution in [0.2, 0.25) is 0 Å². The molecule has 2 atom stereocenters. The lowest BCUT2D eigenvalue weighted by Crippen LogP contribution is -2.50. The van der Waals surface area contributed by atoms with Crippen LogP contribution in [0.15, 0.2) is 24.3 Å². The van der Waals surface area contributed by atoms with Gasteiger partial charge in [0.2, 0.25) is 0 Å². The zero-order chi connectivity index (χ0) is 13.0. The van der Waals surface area contributed by atoms with Crippen LogP contribution < -0.4 is 10.5 Å². The highest BCUT2D eigenvalue weighted by atomic mass is 16.5. The van der Waals surface area contributed by atoms with Gasteiger partial charge < -0.3 is 15.2 Å². The highest BCUT2D eigenvalue weighted by Gasteiger charge is 2.25. The number of benzene rings is 1. The molecule has 1 saturated heterocycles. The fourth-order valence-corrected chi connectivity index (χ4v) is 2.29. The normalized spacial score (nSPS) is 25.1. The first-order valence-corrected chi connectivity index (χ1v) is 6.42. The van der Waals surface area contributed by atoms with Crippen molar-refractivity contribution in [3.63, 3.8) is 0 Å². The number of methoxy groups -OCH3 is 1. The van der Waals surface area contributed by atoms with Gasteiger partial charge in [0.15, 0.2) is 0 Å². The second kappa shape index (κ2) is 6.18. The Bertz CT molecular complexity index is 384. The minimum atomic E-state index is 0.149. The predicted molar refractivity (Wildman–Crippen MR) is 71.7 cm³/mol. The summed E-state index contributed by atoms with van der Waals surface area (Å²) in [5.74, 6) is 0.945. The Kier molecular flexibility index (Phi) is 4.58. The topological polar surface area (TPSA) is 47.7 Å². The zero-order valence-corrected chi connectivity index (χ0v) is 11.1. The molecule has 2 unspecified atom stereocenters. The number of rotatable bonds is 4. The molecule has 0 spiro atoms. The van der Waals surface area contributed by atoms with E-state index in [4.69, 9.17) is 15.2 Å². The molecule has 1 fully saturated rings. The summed E-state index contributed by atoms with van der Waals surface area (Å²) in [5, 5.41) is 0. The molecule has 0 saturated carbocycles. The summed E-state index contributed by atoms with van der Waals surface area (Å²) in [4.78, 5) is 2.40. The van der Waals surface area contributed by atoms with E-state index in [9.17, 15) is 0 Å². The van der Waals surface area contributed by atoms with Crippen molar-refractivity contribution in [1.82, 2.24) is 4.90 Å². The standard InChI is InChI=1S/C14H22N2O2/c1-11-10-18-13(7-15)9-16(11)8-12-5-3-4-6-14(12)17-2/h3-6,11,13H,7-10,15H2,1-2H3. The molecule has 18 heavy (non-hydrogen) atoms. The van der Waals surface area contributed by atoms with Crippen LogP contribution in [0, 0.1) is 0 Å². The fourth-order valence-electron chi connectivity index (χ4n) is 2.29. The van der Waals surface area contributed by atoms with Crippen LogP contribution in [0.3, 0.4) is 0 Å². The van der Waals surface area contributed by atoms with Crippen LogP contribution in [0.5, 0.6) is 5.75 Å². The maximum atomic E-state index is 5.68. The average molecular weight is 250 g/mol. The van der Waals surface area contributed by atoms with Gasteiger partial charge in [-0.25, -0.2) is 0 Å². The molecular formula is C14H22N2O2. The van der Waals surface area contributed by atoms with Gasteiger partial charge >= 0.3 is 0 Å². The molecule has 2 N–H and O–H groups in total. The number of nitrogens with zero attached hydrogens (tertiary/aromatic N) is 1. The van der Waals surface area contributed by atoms with Gasteiger partial charge in [-0.3, -0.25) is 4.90 Å². The van der Waals surface area contributed by atoms with E-state index in [1.807, 2.05) is 18.2 Å². The second-order valence-corrected chi connectivity index (χ2v) is 4.78. The van der Waals surface area contributed by atoms with Crippen LogP contribution >= 0.6 is 0 Å². The molecule has 1 heterocycles. The molecule has 1 aliphatic heterocycles. The van der Waals surface area contributed by atoms with E-state index in [1.54, 1.807) is 7.11 Å². The van der Waals surface area contributed by atoms with E-state index in [0.717, 1.165) is 25.4 Å². The smallest absolute Gasteiger partial charge is 0.123 e.